The molecule has 7 nitrogen and oxygen atoms in total. The number of hydrogen-bond acceptors (Lipinski definition) is 6. The zero-order valence-corrected chi connectivity index (χ0v) is 20.9. The molecule has 0 spiro atoms. The molecule has 0 aliphatic carbocycles. The largest absolute Gasteiger partial charge is 0.417 e. The number of aliphatic hydroxyl groups is 1. The molecule has 3 aromatic rings. The predicted molar refractivity (Wildman–Crippen MR) is 121 cm³/mol. The summed E-state index contributed by atoms with van der Waals surface area (Å²) < 4.78 is 104. The summed E-state index contributed by atoms with van der Waals surface area (Å²) in [5, 5.41) is 10.9. The summed E-state index contributed by atoms with van der Waals surface area (Å²) in [7, 11) is -7.64. The van der Waals surface area contributed by atoms with Crippen molar-refractivity contribution in [2.24, 2.45) is 0 Å². The van der Waals surface area contributed by atoms with Gasteiger partial charge < -0.3 is 10.1 Å². The summed E-state index contributed by atoms with van der Waals surface area (Å²) in [6.07, 6.45) is -4.07. The molecular weight excluding hydrogens is 512 g/mol. The number of benzene rings is 1. The van der Waals surface area contributed by atoms with Crippen molar-refractivity contribution in [3.05, 3.63) is 53.6 Å². The predicted octanol–water partition coefficient (Wildman–Crippen LogP) is 3.71. The number of aromatic amines is 1. The number of fused-ring (bicyclic) bond motifs is 1. The van der Waals surface area contributed by atoms with Gasteiger partial charge in [0.2, 0.25) is 0 Å². The highest BCUT2D eigenvalue weighted by atomic mass is 32.2. The zero-order chi connectivity index (χ0) is 26.6. The maximum Gasteiger partial charge on any atom is 0.417 e. The van der Waals surface area contributed by atoms with Crippen LogP contribution in [-0.2, 0) is 31.5 Å². The summed E-state index contributed by atoms with van der Waals surface area (Å²) >= 11 is 0. The van der Waals surface area contributed by atoms with E-state index in [2.05, 4.69) is 9.97 Å². The molecule has 192 valence electrons. The Morgan fingerprint density at radius 3 is 2.17 bits per heavy atom. The zero-order valence-electron chi connectivity index (χ0n) is 19.2. The minimum Gasteiger partial charge on any atom is -0.380 e. The van der Waals surface area contributed by atoms with Crippen molar-refractivity contribution in [3.63, 3.8) is 0 Å². The maximum atomic E-state index is 14.2. The van der Waals surface area contributed by atoms with Crippen molar-refractivity contribution >= 4 is 30.6 Å². The molecule has 0 saturated heterocycles. The Morgan fingerprint density at radius 1 is 1.00 bits per heavy atom. The quantitative estimate of drug-likeness (QED) is 0.445. The highest BCUT2D eigenvalue weighted by Gasteiger charge is 2.56. The average molecular weight is 537 g/mol. The van der Waals surface area contributed by atoms with Crippen LogP contribution < -0.4 is 0 Å². The Kier molecular flexibility index (Phi) is 6.62. The molecule has 1 atom stereocenters. The summed E-state index contributed by atoms with van der Waals surface area (Å²) in [5.74, 6) is -0.865. The lowest BCUT2D eigenvalue weighted by molar-refractivity contribution is -0.266. The van der Waals surface area contributed by atoms with E-state index in [1.54, 1.807) is 0 Å². The third-order valence-electron chi connectivity index (χ3n) is 5.73. The number of sulfone groups is 2. The van der Waals surface area contributed by atoms with Crippen LogP contribution in [0, 0.1) is 5.82 Å². The summed E-state index contributed by atoms with van der Waals surface area (Å²) in [5.41, 5.74) is -4.69. The van der Waals surface area contributed by atoms with Gasteiger partial charge in [0.15, 0.2) is 30.3 Å². The standard InChI is InChI=1S/C22H24F4N2O5S2/c1-20(2,16-6-5-14(23)9-18(16)34(3,30)31)12-21(29,22(24,25)26)10-15-7-13-8-19(35(4,32)33)27-11-17(13)28-15/h5-9,11,28-29H,10,12H2,1-4H3/t21-/m0/s1. The fourth-order valence-corrected chi connectivity index (χ4v) is 5.79. The fourth-order valence-electron chi connectivity index (χ4n) is 4.14. The van der Waals surface area contributed by atoms with Gasteiger partial charge in [0.25, 0.3) is 0 Å². The minimum atomic E-state index is -5.12. The molecule has 2 heterocycles. The molecule has 0 aliphatic rings. The van der Waals surface area contributed by atoms with Crippen molar-refractivity contribution in [2.45, 2.75) is 53.8 Å². The van der Waals surface area contributed by atoms with E-state index in [4.69, 9.17) is 0 Å². The van der Waals surface area contributed by atoms with E-state index < -0.39 is 60.4 Å². The number of halogens is 4. The molecule has 13 heteroatoms. The molecule has 1 aromatic carbocycles. The number of H-pyrrole nitrogens is 1. The Hall–Kier alpha value is -2.51. The van der Waals surface area contributed by atoms with Crippen LogP contribution in [0.1, 0.15) is 31.5 Å². The van der Waals surface area contributed by atoms with E-state index in [1.165, 1.54) is 32.2 Å². The molecule has 2 aromatic heterocycles. The Bertz CT molecular complexity index is 1500. The number of nitrogens with one attached hydrogen (secondary N) is 1. The second-order valence-electron chi connectivity index (χ2n) is 9.36. The lowest BCUT2D eigenvalue weighted by Crippen LogP contribution is -2.51. The molecule has 0 bridgehead atoms. The monoisotopic (exact) mass is 536 g/mol. The van der Waals surface area contributed by atoms with E-state index in [0.717, 1.165) is 30.7 Å². The smallest absolute Gasteiger partial charge is 0.380 e. The van der Waals surface area contributed by atoms with E-state index in [1.807, 2.05) is 0 Å². The molecule has 0 amide bonds. The van der Waals surface area contributed by atoms with E-state index in [-0.39, 0.29) is 27.2 Å². The van der Waals surface area contributed by atoms with Gasteiger partial charge in [-0.1, -0.05) is 19.9 Å². The van der Waals surface area contributed by atoms with Gasteiger partial charge in [0.05, 0.1) is 16.6 Å². The molecule has 2 N–H and O–H groups in total. The number of pyridine rings is 1. The van der Waals surface area contributed by atoms with E-state index in [0.29, 0.717) is 0 Å². The minimum absolute atomic E-state index is 0.0366. The first-order chi connectivity index (χ1) is 15.7. The van der Waals surface area contributed by atoms with Gasteiger partial charge >= 0.3 is 6.18 Å². The first-order valence-electron chi connectivity index (χ1n) is 10.2. The fraction of sp³-hybridized carbons (Fsp3) is 0.409. The molecule has 3 rings (SSSR count). The Morgan fingerprint density at radius 2 is 1.63 bits per heavy atom. The molecular formula is C22H24F4N2O5S2. The van der Waals surface area contributed by atoms with Gasteiger partial charge in [0.1, 0.15) is 5.82 Å². The van der Waals surface area contributed by atoms with Crippen LogP contribution in [0.3, 0.4) is 0 Å². The number of aromatic nitrogens is 2. The molecule has 0 fully saturated rings. The van der Waals surface area contributed by atoms with Gasteiger partial charge in [-0.25, -0.2) is 26.2 Å². The van der Waals surface area contributed by atoms with Crippen LogP contribution in [0.25, 0.3) is 10.9 Å². The molecule has 0 aliphatic heterocycles. The SMILES string of the molecule is CC(C)(C[C@@](O)(Cc1cc2cc(S(C)(=O)=O)ncc2[nH]1)C(F)(F)F)c1ccc(F)cc1S(C)(=O)=O. The topological polar surface area (TPSA) is 117 Å². The van der Waals surface area contributed by atoms with Crippen molar-refractivity contribution in [1.29, 1.82) is 0 Å². The van der Waals surface area contributed by atoms with Crippen molar-refractivity contribution in [3.8, 4) is 0 Å². The Balaban J connectivity index is 2.05. The van der Waals surface area contributed by atoms with Crippen LogP contribution in [0.15, 0.2) is 46.5 Å². The maximum absolute atomic E-state index is 14.2. The highest BCUT2D eigenvalue weighted by Crippen LogP contribution is 2.44. The van der Waals surface area contributed by atoms with Gasteiger partial charge in [-0.3, -0.25) is 0 Å². The molecule has 0 saturated carbocycles. The van der Waals surface area contributed by atoms with E-state index >= 15 is 0 Å². The van der Waals surface area contributed by atoms with Gasteiger partial charge in [0, 0.05) is 30.0 Å². The van der Waals surface area contributed by atoms with Crippen molar-refractivity contribution in [1.82, 2.24) is 9.97 Å². The van der Waals surface area contributed by atoms with Crippen LogP contribution in [0.2, 0.25) is 0 Å². The number of alkyl halides is 3. The highest BCUT2D eigenvalue weighted by molar-refractivity contribution is 7.91. The van der Waals surface area contributed by atoms with Crippen LogP contribution in [0.4, 0.5) is 17.6 Å². The van der Waals surface area contributed by atoms with E-state index in [9.17, 15) is 39.5 Å². The number of nitrogens with zero attached hydrogens (tertiary/aromatic N) is 1. The summed E-state index contributed by atoms with van der Waals surface area (Å²) in [6, 6.07) is 5.28. The van der Waals surface area contributed by atoms with Gasteiger partial charge in [-0.2, -0.15) is 13.2 Å². The van der Waals surface area contributed by atoms with Crippen LogP contribution in [0.5, 0.6) is 0 Å². The van der Waals surface area contributed by atoms with Gasteiger partial charge in [-0.15, -0.1) is 0 Å². The molecule has 0 radical (unpaired) electrons. The normalized spacial score (nSPS) is 15.3. The lowest BCUT2D eigenvalue weighted by Gasteiger charge is -2.38. The molecule has 0 unspecified atom stereocenters. The number of hydrogen-bond donors (Lipinski definition) is 2. The average Bonchev–Trinajstić information content (AvgIpc) is 3.06. The summed E-state index contributed by atoms with van der Waals surface area (Å²) in [4.78, 5) is 6.03. The second kappa shape index (κ2) is 8.56. The molecule has 35 heavy (non-hydrogen) atoms. The Labute approximate surface area is 200 Å². The second-order valence-corrected chi connectivity index (χ2v) is 13.3. The van der Waals surface area contributed by atoms with Crippen molar-refractivity contribution < 1.29 is 39.5 Å². The lowest BCUT2D eigenvalue weighted by atomic mass is 9.73. The number of rotatable bonds is 7. The first kappa shape index (κ1) is 27.1. The third kappa shape index (κ3) is 5.67. The van der Waals surface area contributed by atoms with Crippen LogP contribution in [-0.4, -0.2) is 56.2 Å². The van der Waals surface area contributed by atoms with Crippen LogP contribution >= 0.6 is 0 Å². The third-order valence-corrected chi connectivity index (χ3v) is 7.85. The first-order valence-corrected chi connectivity index (χ1v) is 14.0. The summed E-state index contributed by atoms with van der Waals surface area (Å²) in [6.45, 7) is 2.66. The van der Waals surface area contributed by atoms with Gasteiger partial charge in [-0.05, 0) is 41.7 Å². The van der Waals surface area contributed by atoms with Crippen molar-refractivity contribution in [2.75, 3.05) is 12.5 Å².